The zero-order chi connectivity index (χ0) is 21.3. The average Bonchev–Trinajstić information content (AvgIpc) is 3.27. The molecule has 7 nitrogen and oxygen atoms in total. The summed E-state index contributed by atoms with van der Waals surface area (Å²) in [5, 5.41) is 6.80. The largest absolute Gasteiger partial charge is 0.465 e. The van der Waals surface area contributed by atoms with E-state index in [9.17, 15) is 9.59 Å². The molecule has 3 rings (SSSR count). The Morgan fingerprint density at radius 1 is 1.13 bits per heavy atom. The highest BCUT2D eigenvalue weighted by molar-refractivity contribution is 5.89. The molecule has 0 spiro atoms. The quantitative estimate of drug-likeness (QED) is 0.424. The minimum absolute atomic E-state index is 0.237. The zero-order valence-electron chi connectivity index (χ0n) is 18.2. The molecule has 0 radical (unpaired) electrons. The maximum atomic E-state index is 12.7. The van der Waals surface area contributed by atoms with E-state index < -0.39 is 0 Å². The lowest BCUT2D eigenvalue weighted by Gasteiger charge is -2.26. The summed E-state index contributed by atoms with van der Waals surface area (Å²) in [5.74, 6) is 1.02. The van der Waals surface area contributed by atoms with Gasteiger partial charge in [-0.1, -0.05) is 31.4 Å². The number of ether oxygens (including phenoxy) is 1. The molecule has 1 aliphatic carbocycles. The Labute approximate surface area is 179 Å². The number of guanidine groups is 1. The number of carbonyl (C=O) groups excluding carboxylic acids is 2. The summed E-state index contributed by atoms with van der Waals surface area (Å²) < 4.78 is 4.72. The fourth-order valence-corrected chi connectivity index (χ4v) is 4.32. The predicted octanol–water partition coefficient (Wildman–Crippen LogP) is 2.36. The monoisotopic (exact) mass is 414 g/mol. The van der Waals surface area contributed by atoms with Crippen LogP contribution < -0.4 is 10.6 Å². The maximum absolute atomic E-state index is 12.7. The number of nitrogens with zero attached hydrogens (tertiary/aromatic N) is 2. The van der Waals surface area contributed by atoms with Crippen molar-refractivity contribution in [1.82, 2.24) is 15.5 Å². The van der Waals surface area contributed by atoms with Gasteiger partial charge in [0.05, 0.1) is 12.7 Å². The second-order valence-corrected chi connectivity index (χ2v) is 8.19. The van der Waals surface area contributed by atoms with Gasteiger partial charge < -0.3 is 20.3 Å². The molecule has 2 N–H and O–H groups in total. The third-order valence-corrected chi connectivity index (χ3v) is 6.10. The molecule has 2 fully saturated rings. The van der Waals surface area contributed by atoms with Crippen LogP contribution in [0.4, 0.5) is 0 Å². The number of esters is 1. The molecule has 0 aromatic heterocycles. The smallest absolute Gasteiger partial charge is 0.337 e. The van der Waals surface area contributed by atoms with Gasteiger partial charge in [0.1, 0.15) is 0 Å². The summed E-state index contributed by atoms with van der Waals surface area (Å²) >= 11 is 0. The van der Waals surface area contributed by atoms with E-state index >= 15 is 0 Å². The van der Waals surface area contributed by atoms with E-state index in [-0.39, 0.29) is 17.9 Å². The number of nitrogens with one attached hydrogen (secondary N) is 2. The molecule has 1 aliphatic heterocycles. The highest BCUT2D eigenvalue weighted by atomic mass is 16.5. The van der Waals surface area contributed by atoms with Gasteiger partial charge in [-0.2, -0.15) is 0 Å². The van der Waals surface area contributed by atoms with Crippen LogP contribution >= 0.6 is 0 Å². The summed E-state index contributed by atoms with van der Waals surface area (Å²) in [6.45, 7) is 2.32. The zero-order valence-corrected chi connectivity index (χ0v) is 18.2. The Bertz CT molecular complexity index is 741. The maximum Gasteiger partial charge on any atom is 0.337 e. The van der Waals surface area contributed by atoms with Crippen molar-refractivity contribution in [2.75, 3.05) is 33.8 Å². The highest BCUT2D eigenvalue weighted by Gasteiger charge is 2.31. The van der Waals surface area contributed by atoms with Crippen molar-refractivity contribution < 1.29 is 14.3 Å². The Morgan fingerprint density at radius 3 is 2.53 bits per heavy atom. The Balaban J connectivity index is 1.40. The molecule has 7 heteroatoms. The molecule has 1 aromatic carbocycles. The molecule has 0 bridgehead atoms. The van der Waals surface area contributed by atoms with E-state index in [4.69, 9.17) is 4.74 Å². The first kappa shape index (κ1) is 22.1. The van der Waals surface area contributed by atoms with E-state index in [1.807, 2.05) is 17.0 Å². The average molecular weight is 415 g/mol. The van der Waals surface area contributed by atoms with E-state index in [0.717, 1.165) is 56.8 Å². The van der Waals surface area contributed by atoms with E-state index in [0.29, 0.717) is 11.5 Å². The number of rotatable bonds is 6. The third-order valence-electron chi connectivity index (χ3n) is 6.10. The molecule has 1 amide bonds. The van der Waals surface area contributed by atoms with Crippen LogP contribution in [0.15, 0.2) is 29.3 Å². The molecule has 164 valence electrons. The summed E-state index contributed by atoms with van der Waals surface area (Å²) in [7, 11) is 3.15. The number of methoxy groups -OCH3 is 1. The summed E-state index contributed by atoms with van der Waals surface area (Å²) in [4.78, 5) is 30.6. The lowest BCUT2D eigenvalue weighted by atomic mass is 9.88. The van der Waals surface area contributed by atoms with Crippen molar-refractivity contribution in [3.63, 3.8) is 0 Å². The van der Waals surface area contributed by atoms with Gasteiger partial charge in [0.2, 0.25) is 5.91 Å². The molecule has 2 aliphatic rings. The minimum Gasteiger partial charge on any atom is -0.465 e. The summed E-state index contributed by atoms with van der Waals surface area (Å²) in [6, 6.07) is 7.68. The first-order valence-electron chi connectivity index (χ1n) is 11.0. The van der Waals surface area contributed by atoms with Gasteiger partial charge in [0.25, 0.3) is 0 Å². The van der Waals surface area contributed by atoms with Crippen LogP contribution in [0.2, 0.25) is 0 Å². The van der Waals surface area contributed by atoms with Crippen LogP contribution in [0.1, 0.15) is 54.4 Å². The van der Waals surface area contributed by atoms with Crippen LogP contribution in [0.5, 0.6) is 0 Å². The van der Waals surface area contributed by atoms with Crippen molar-refractivity contribution in [1.29, 1.82) is 0 Å². The molecular weight excluding hydrogens is 380 g/mol. The van der Waals surface area contributed by atoms with E-state index in [1.165, 1.54) is 26.4 Å². The first-order valence-corrected chi connectivity index (χ1v) is 11.0. The number of hydrogen-bond donors (Lipinski definition) is 2. The molecule has 30 heavy (non-hydrogen) atoms. The van der Waals surface area contributed by atoms with Crippen molar-refractivity contribution in [2.24, 2.45) is 10.9 Å². The third kappa shape index (κ3) is 5.97. The Morgan fingerprint density at radius 2 is 1.87 bits per heavy atom. The van der Waals surface area contributed by atoms with Gasteiger partial charge in [-0.3, -0.25) is 9.79 Å². The summed E-state index contributed by atoms with van der Waals surface area (Å²) in [5.41, 5.74) is 1.69. The second kappa shape index (κ2) is 11.0. The van der Waals surface area contributed by atoms with Crippen LogP contribution in [0.25, 0.3) is 0 Å². The fraction of sp³-hybridized carbons (Fsp3) is 0.609. The van der Waals surface area contributed by atoms with E-state index in [1.54, 1.807) is 19.2 Å². The van der Waals surface area contributed by atoms with Crippen LogP contribution in [-0.4, -0.2) is 62.6 Å². The molecule has 1 aromatic rings. The van der Waals surface area contributed by atoms with Crippen molar-refractivity contribution >= 4 is 17.8 Å². The standard InChI is InChI=1S/C23H34N4O3/c1-24-23(25-14-12-17-8-10-19(11-9-17)22(29)30-2)26-20-13-15-27(16-20)21(28)18-6-4-3-5-7-18/h8-11,18,20H,3-7,12-16H2,1-2H3,(H2,24,25,26). The predicted molar refractivity (Wildman–Crippen MR) is 118 cm³/mol. The number of benzene rings is 1. The van der Waals surface area contributed by atoms with Crippen LogP contribution in [-0.2, 0) is 16.0 Å². The number of likely N-dealkylation sites (tertiary alicyclic amines) is 1. The Hall–Kier alpha value is -2.57. The second-order valence-electron chi connectivity index (χ2n) is 8.19. The van der Waals surface area contributed by atoms with Crippen LogP contribution in [0, 0.1) is 5.92 Å². The van der Waals surface area contributed by atoms with Crippen molar-refractivity contribution in [3.8, 4) is 0 Å². The number of carbonyl (C=O) groups is 2. The Kier molecular flexibility index (Phi) is 8.11. The first-order chi connectivity index (χ1) is 14.6. The number of aliphatic imine (C=N–C) groups is 1. The van der Waals surface area contributed by atoms with Crippen molar-refractivity contribution in [3.05, 3.63) is 35.4 Å². The molecule has 1 saturated carbocycles. The van der Waals surface area contributed by atoms with Gasteiger partial charge in [-0.05, 0) is 43.4 Å². The van der Waals surface area contributed by atoms with Gasteiger partial charge >= 0.3 is 5.97 Å². The van der Waals surface area contributed by atoms with Gasteiger partial charge in [0, 0.05) is 38.6 Å². The van der Waals surface area contributed by atoms with E-state index in [2.05, 4.69) is 15.6 Å². The molecule has 1 unspecified atom stereocenters. The minimum atomic E-state index is -0.322. The SMILES string of the molecule is CN=C(NCCc1ccc(C(=O)OC)cc1)NC1CCN(C(=O)C2CCCCC2)C1. The van der Waals surface area contributed by atoms with Gasteiger partial charge in [-0.15, -0.1) is 0 Å². The molecule has 1 heterocycles. The summed E-state index contributed by atoms with van der Waals surface area (Å²) in [6.07, 6.45) is 7.52. The lowest BCUT2D eigenvalue weighted by Crippen LogP contribution is -2.46. The normalized spacial score (nSPS) is 20.1. The topological polar surface area (TPSA) is 83.0 Å². The highest BCUT2D eigenvalue weighted by Crippen LogP contribution is 2.26. The number of hydrogen-bond acceptors (Lipinski definition) is 4. The molecule has 1 saturated heterocycles. The lowest BCUT2D eigenvalue weighted by molar-refractivity contribution is -0.135. The van der Waals surface area contributed by atoms with Gasteiger partial charge in [-0.25, -0.2) is 4.79 Å². The van der Waals surface area contributed by atoms with Crippen molar-refractivity contribution in [2.45, 2.75) is 51.0 Å². The van der Waals surface area contributed by atoms with Crippen LogP contribution in [0.3, 0.4) is 0 Å². The molecule has 1 atom stereocenters. The molecular formula is C23H34N4O3. The van der Waals surface area contributed by atoms with Gasteiger partial charge in [0.15, 0.2) is 5.96 Å². The fourth-order valence-electron chi connectivity index (χ4n) is 4.32. The number of amides is 1.